The SMILES string of the molecule is CCCCCCCC(N)CCCCCCC(=O)O. The molecule has 108 valence electrons. The van der Waals surface area contributed by atoms with Crippen LogP contribution in [0.25, 0.3) is 0 Å². The monoisotopic (exact) mass is 257 g/mol. The van der Waals surface area contributed by atoms with E-state index in [9.17, 15) is 4.79 Å². The Labute approximate surface area is 112 Å². The van der Waals surface area contributed by atoms with Gasteiger partial charge < -0.3 is 10.8 Å². The minimum atomic E-state index is -0.682. The Hall–Kier alpha value is -0.570. The average molecular weight is 257 g/mol. The van der Waals surface area contributed by atoms with Gasteiger partial charge in [0.15, 0.2) is 0 Å². The van der Waals surface area contributed by atoms with Crippen molar-refractivity contribution in [3.8, 4) is 0 Å². The van der Waals surface area contributed by atoms with Gasteiger partial charge in [0.25, 0.3) is 0 Å². The standard InChI is InChI=1S/C15H31NO2/c1-2-3-4-5-8-11-14(16)12-9-6-7-10-13-15(17)18/h14H,2-13,16H2,1H3,(H,17,18). The van der Waals surface area contributed by atoms with Crippen LogP contribution in [0.1, 0.15) is 84.0 Å². The predicted octanol–water partition coefficient (Wildman–Crippen LogP) is 4.10. The number of carboxylic acid groups (broad SMARTS) is 1. The second kappa shape index (κ2) is 12.9. The topological polar surface area (TPSA) is 63.3 Å². The van der Waals surface area contributed by atoms with Crippen molar-refractivity contribution in [1.82, 2.24) is 0 Å². The first-order valence-electron chi connectivity index (χ1n) is 7.64. The van der Waals surface area contributed by atoms with Gasteiger partial charge in [0.05, 0.1) is 0 Å². The van der Waals surface area contributed by atoms with Crippen LogP contribution in [0, 0.1) is 0 Å². The van der Waals surface area contributed by atoms with Gasteiger partial charge in [-0.2, -0.15) is 0 Å². The molecule has 0 aliphatic heterocycles. The second-order valence-electron chi connectivity index (χ2n) is 5.31. The van der Waals surface area contributed by atoms with Crippen LogP contribution in [0.4, 0.5) is 0 Å². The van der Waals surface area contributed by atoms with Gasteiger partial charge in [-0.3, -0.25) is 4.79 Å². The van der Waals surface area contributed by atoms with Gasteiger partial charge in [0, 0.05) is 12.5 Å². The summed E-state index contributed by atoms with van der Waals surface area (Å²) in [6, 6.07) is 0.353. The van der Waals surface area contributed by atoms with E-state index in [1.54, 1.807) is 0 Å². The summed E-state index contributed by atoms with van der Waals surface area (Å²) in [4.78, 5) is 10.3. The zero-order chi connectivity index (χ0) is 13.6. The molecule has 0 rings (SSSR count). The lowest BCUT2D eigenvalue weighted by molar-refractivity contribution is -0.137. The maximum Gasteiger partial charge on any atom is 0.303 e. The Morgan fingerprint density at radius 1 is 0.944 bits per heavy atom. The third-order valence-electron chi connectivity index (χ3n) is 3.39. The van der Waals surface area contributed by atoms with Crippen LogP contribution < -0.4 is 5.73 Å². The predicted molar refractivity (Wildman–Crippen MR) is 76.7 cm³/mol. The minimum absolute atomic E-state index is 0.309. The maximum atomic E-state index is 10.3. The van der Waals surface area contributed by atoms with Crippen molar-refractivity contribution in [2.45, 2.75) is 90.0 Å². The molecule has 0 spiro atoms. The summed E-state index contributed by atoms with van der Waals surface area (Å²) in [7, 11) is 0. The molecule has 18 heavy (non-hydrogen) atoms. The first-order chi connectivity index (χ1) is 8.66. The highest BCUT2D eigenvalue weighted by molar-refractivity contribution is 5.66. The molecule has 0 aromatic carbocycles. The number of aliphatic carboxylic acids is 1. The van der Waals surface area contributed by atoms with E-state index in [0.717, 1.165) is 38.5 Å². The summed E-state index contributed by atoms with van der Waals surface area (Å²) < 4.78 is 0. The van der Waals surface area contributed by atoms with Crippen molar-refractivity contribution in [3.05, 3.63) is 0 Å². The normalized spacial score (nSPS) is 12.6. The fourth-order valence-corrected chi connectivity index (χ4v) is 2.19. The summed E-state index contributed by atoms with van der Waals surface area (Å²) in [6.45, 7) is 2.23. The molecule has 0 aromatic rings. The van der Waals surface area contributed by atoms with Crippen molar-refractivity contribution in [2.24, 2.45) is 5.73 Å². The molecule has 0 radical (unpaired) electrons. The summed E-state index contributed by atoms with van der Waals surface area (Å²) in [5.41, 5.74) is 6.06. The molecular formula is C15H31NO2. The molecule has 0 fully saturated rings. The van der Waals surface area contributed by atoms with Crippen LogP contribution in [-0.2, 0) is 4.79 Å². The molecule has 3 N–H and O–H groups in total. The van der Waals surface area contributed by atoms with Crippen molar-refractivity contribution in [2.75, 3.05) is 0 Å². The molecule has 3 nitrogen and oxygen atoms in total. The van der Waals surface area contributed by atoms with Gasteiger partial charge in [-0.25, -0.2) is 0 Å². The summed E-state index contributed by atoms with van der Waals surface area (Å²) in [5.74, 6) is -0.682. The van der Waals surface area contributed by atoms with Crippen LogP contribution in [0.3, 0.4) is 0 Å². The molecule has 0 aliphatic rings. The number of hydrogen-bond acceptors (Lipinski definition) is 2. The van der Waals surface area contributed by atoms with Gasteiger partial charge in [-0.15, -0.1) is 0 Å². The molecule has 0 aromatic heterocycles. The first kappa shape index (κ1) is 17.4. The Balaban J connectivity index is 3.16. The van der Waals surface area contributed by atoms with Gasteiger partial charge in [-0.1, -0.05) is 58.3 Å². The van der Waals surface area contributed by atoms with Crippen LogP contribution >= 0.6 is 0 Å². The molecule has 0 saturated carbocycles. The highest BCUT2D eigenvalue weighted by Crippen LogP contribution is 2.11. The van der Waals surface area contributed by atoms with Crippen molar-refractivity contribution >= 4 is 5.97 Å². The van der Waals surface area contributed by atoms with Crippen LogP contribution in [0.2, 0.25) is 0 Å². The number of hydrogen-bond donors (Lipinski definition) is 2. The van der Waals surface area contributed by atoms with E-state index in [1.165, 1.54) is 32.1 Å². The van der Waals surface area contributed by atoms with Crippen LogP contribution in [-0.4, -0.2) is 17.1 Å². The van der Waals surface area contributed by atoms with E-state index in [4.69, 9.17) is 10.8 Å². The van der Waals surface area contributed by atoms with Crippen molar-refractivity contribution < 1.29 is 9.90 Å². The second-order valence-corrected chi connectivity index (χ2v) is 5.31. The lowest BCUT2D eigenvalue weighted by Gasteiger charge is -2.10. The number of nitrogens with two attached hydrogens (primary N) is 1. The third-order valence-corrected chi connectivity index (χ3v) is 3.39. The fourth-order valence-electron chi connectivity index (χ4n) is 2.19. The van der Waals surface area contributed by atoms with Gasteiger partial charge in [-0.05, 0) is 19.3 Å². The Morgan fingerprint density at radius 2 is 1.44 bits per heavy atom. The average Bonchev–Trinajstić information content (AvgIpc) is 2.33. The Bertz CT molecular complexity index is 195. The maximum absolute atomic E-state index is 10.3. The molecule has 0 bridgehead atoms. The third kappa shape index (κ3) is 13.5. The smallest absolute Gasteiger partial charge is 0.303 e. The summed E-state index contributed by atoms with van der Waals surface area (Å²) >= 11 is 0. The summed E-state index contributed by atoms with van der Waals surface area (Å²) in [6.07, 6.45) is 13.2. The van der Waals surface area contributed by atoms with Crippen LogP contribution in [0.15, 0.2) is 0 Å². The lowest BCUT2D eigenvalue weighted by Crippen LogP contribution is -2.19. The van der Waals surface area contributed by atoms with E-state index >= 15 is 0 Å². The van der Waals surface area contributed by atoms with E-state index < -0.39 is 5.97 Å². The van der Waals surface area contributed by atoms with Crippen LogP contribution in [0.5, 0.6) is 0 Å². The summed E-state index contributed by atoms with van der Waals surface area (Å²) in [5, 5.41) is 8.50. The molecule has 0 saturated heterocycles. The highest BCUT2D eigenvalue weighted by Gasteiger charge is 2.02. The number of carbonyl (C=O) groups is 1. The van der Waals surface area contributed by atoms with Gasteiger partial charge in [0.2, 0.25) is 0 Å². The van der Waals surface area contributed by atoms with Gasteiger partial charge >= 0.3 is 5.97 Å². The van der Waals surface area contributed by atoms with Crippen molar-refractivity contribution in [1.29, 1.82) is 0 Å². The Morgan fingerprint density at radius 3 is 1.94 bits per heavy atom. The first-order valence-corrected chi connectivity index (χ1v) is 7.64. The minimum Gasteiger partial charge on any atom is -0.481 e. The quantitative estimate of drug-likeness (QED) is 0.488. The zero-order valence-electron chi connectivity index (χ0n) is 12.0. The Kier molecular flexibility index (Phi) is 12.5. The largest absolute Gasteiger partial charge is 0.481 e. The zero-order valence-corrected chi connectivity index (χ0v) is 12.0. The molecule has 1 unspecified atom stereocenters. The molecular weight excluding hydrogens is 226 g/mol. The number of carboxylic acids is 1. The van der Waals surface area contributed by atoms with E-state index in [-0.39, 0.29) is 0 Å². The molecule has 1 atom stereocenters. The van der Waals surface area contributed by atoms with E-state index in [2.05, 4.69) is 6.92 Å². The van der Waals surface area contributed by atoms with Gasteiger partial charge in [0.1, 0.15) is 0 Å². The molecule has 0 aliphatic carbocycles. The highest BCUT2D eigenvalue weighted by atomic mass is 16.4. The molecule has 0 heterocycles. The lowest BCUT2D eigenvalue weighted by atomic mass is 10.0. The fraction of sp³-hybridized carbons (Fsp3) is 0.933. The van der Waals surface area contributed by atoms with E-state index in [1.807, 2.05) is 0 Å². The van der Waals surface area contributed by atoms with E-state index in [0.29, 0.717) is 12.5 Å². The number of unbranched alkanes of at least 4 members (excludes halogenated alkanes) is 7. The molecule has 3 heteroatoms. The molecule has 0 amide bonds. The van der Waals surface area contributed by atoms with Crippen molar-refractivity contribution in [3.63, 3.8) is 0 Å². The number of rotatable bonds is 13.